The summed E-state index contributed by atoms with van der Waals surface area (Å²) in [5.74, 6) is -1.26. The molecule has 1 saturated heterocycles. The zero-order valence-corrected chi connectivity index (χ0v) is 21.8. The van der Waals surface area contributed by atoms with Gasteiger partial charge in [-0.25, -0.2) is 8.42 Å². The third-order valence-corrected chi connectivity index (χ3v) is 8.60. The van der Waals surface area contributed by atoms with Crippen molar-refractivity contribution in [1.29, 1.82) is 0 Å². The first-order chi connectivity index (χ1) is 17.5. The van der Waals surface area contributed by atoms with Crippen molar-refractivity contribution in [2.75, 3.05) is 20.2 Å². The van der Waals surface area contributed by atoms with E-state index >= 15 is 0 Å². The molecule has 0 saturated carbocycles. The van der Waals surface area contributed by atoms with Gasteiger partial charge in [0.05, 0.1) is 39.4 Å². The van der Waals surface area contributed by atoms with Gasteiger partial charge in [0.25, 0.3) is 11.6 Å². The summed E-state index contributed by atoms with van der Waals surface area (Å²) in [5.41, 5.74) is 0.469. The quantitative estimate of drug-likeness (QED) is 0.259. The largest absolute Gasteiger partial charge is 0.468 e. The fourth-order valence-corrected chi connectivity index (χ4v) is 6.66. The molecule has 1 fully saturated rings. The molecule has 0 spiro atoms. The summed E-state index contributed by atoms with van der Waals surface area (Å²) in [7, 11) is -2.56. The van der Waals surface area contributed by atoms with Crippen molar-refractivity contribution < 1.29 is 32.4 Å². The molecule has 12 nitrogen and oxygen atoms in total. The van der Waals surface area contributed by atoms with Gasteiger partial charge in [-0.2, -0.15) is 9.30 Å². The van der Waals surface area contributed by atoms with E-state index in [1.807, 2.05) is 0 Å². The average Bonchev–Trinajstić information content (AvgIpc) is 3.19. The van der Waals surface area contributed by atoms with E-state index in [4.69, 9.17) is 9.47 Å². The number of methoxy groups -OCH3 is 1. The fourth-order valence-electron chi connectivity index (χ4n) is 4.00. The minimum absolute atomic E-state index is 0.0419. The topological polar surface area (TPSA) is 150 Å². The van der Waals surface area contributed by atoms with Crippen LogP contribution in [0.2, 0.25) is 0 Å². The average molecular weight is 549 g/mol. The molecule has 2 aromatic carbocycles. The highest BCUT2D eigenvalue weighted by Gasteiger charge is 2.32. The number of carbonyl (C=O) groups excluding carboxylic acids is 2. The number of aromatic nitrogens is 1. The Bertz CT molecular complexity index is 1530. The predicted molar refractivity (Wildman–Crippen MR) is 134 cm³/mol. The Kier molecular flexibility index (Phi) is 7.54. The van der Waals surface area contributed by atoms with Gasteiger partial charge >= 0.3 is 5.97 Å². The highest BCUT2D eigenvalue weighted by Crippen LogP contribution is 2.24. The molecule has 14 heteroatoms. The minimum atomic E-state index is -3.78. The molecule has 1 aromatic heterocycles. The van der Waals surface area contributed by atoms with E-state index in [1.165, 1.54) is 58.4 Å². The van der Waals surface area contributed by atoms with E-state index in [-0.39, 0.29) is 52.8 Å². The van der Waals surface area contributed by atoms with Crippen LogP contribution in [-0.2, 0) is 30.8 Å². The number of hydrogen-bond donors (Lipinski definition) is 0. The second kappa shape index (κ2) is 10.5. The molecule has 196 valence electrons. The monoisotopic (exact) mass is 548 g/mol. The molecule has 0 N–H and O–H groups in total. The summed E-state index contributed by atoms with van der Waals surface area (Å²) in [6.45, 7) is 3.81. The Balaban J connectivity index is 1.67. The van der Waals surface area contributed by atoms with Crippen LogP contribution in [0.15, 0.2) is 52.4 Å². The molecule has 0 bridgehead atoms. The summed E-state index contributed by atoms with van der Waals surface area (Å²) >= 11 is 1.01. The molecular weight excluding hydrogens is 524 g/mol. The van der Waals surface area contributed by atoms with E-state index in [9.17, 15) is 28.1 Å². The van der Waals surface area contributed by atoms with E-state index < -0.39 is 26.8 Å². The van der Waals surface area contributed by atoms with Crippen molar-refractivity contribution in [1.82, 2.24) is 8.87 Å². The summed E-state index contributed by atoms with van der Waals surface area (Å²) in [6.07, 6.45) is -0.477. The maximum Gasteiger partial charge on any atom is 0.325 e. The standard InChI is InChI=1S/C23H24N4O8S2/c1-14-11-25(12-15(2)35-14)37(32,33)18-7-4-16(5-8-18)22(29)24-23-26(13-21(28)34-3)19-9-6-17(27(30)31)10-20(19)36-23/h4-10,14-15H,11-13H2,1-3H3. The Morgan fingerprint density at radius 2 is 1.81 bits per heavy atom. The molecule has 0 aliphatic carbocycles. The van der Waals surface area contributed by atoms with Gasteiger partial charge < -0.3 is 14.0 Å². The van der Waals surface area contributed by atoms with Crippen LogP contribution >= 0.6 is 11.3 Å². The lowest BCUT2D eigenvalue weighted by Gasteiger charge is -2.34. The number of amides is 1. The molecule has 1 aliphatic rings. The summed E-state index contributed by atoms with van der Waals surface area (Å²) in [6, 6.07) is 9.54. The first kappa shape index (κ1) is 26.6. The van der Waals surface area contributed by atoms with Gasteiger partial charge in [-0.15, -0.1) is 0 Å². The summed E-state index contributed by atoms with van der Waals surface area (Å²) < 4.78 is 39.7. The lowest BCUT2D eigenvalue weighted by atomic mass is 10.2. The van der Waals surface area contributed by atoms with Gasteiger partial charge in [0.1, 0.15) is 6.54 Å². The first-order valence-electron chi connectivity index (χ1n) is 11.2. The number of nitro groups is 1. The van der Waals surface area contributed by atoms with Gasteiger partial charge in [-0.1, -0.05) is 11.3 Å². The summed E-state index contributed by atoms with van der Waals surface area (Å²) in [4.78, 5) is 39.8. The number of sulfonamides is 1. The van der Waals surface area contributed by atoms with Crippen LogP contribution in [0.5, 0.6) is 0 Å². The third kappa shape index (κ3) is 5.61. The van der Waals surface area contributed by atoms with E-state index in [0.29, 0.717) is 10.2 Å². The number of benzene rings is 2. The Labute approximate surface area is 216 Å². The second-order valence-electron chi connectivity index (χ2n) is 8.48. The normalized spacial score (nSPS) is 19.2. The number of esters is 1. The number of thiazole rings is 1. The maximum absolute atomic E-state index is 13.1. The molecular formula is C23H24N4O8S2. The predicted octanol–water partition coefficient (Wildman–Crippen LogP) is 2.32. The number of nitro benzene ring substituents is 1. The van der Waals surface area contributed by atoms with Crippen LogP contribution < -0.4 is 4.80 Å². The number of fused-ring (bicyclic) bond motifs is 1. The smallest absolute Gasteiger partial charge is 0.325 e. The van der Waals surface area contributed by atoms with Gasteiger partial charge in [0.2, 0.25) is 10.0 Å². The van der Waals surface area contributed by atoms with Gasteiger partial charge in [0.15, 0.2) is 4.80 Å². The molecule has 37 heavy (non-hydrogen) atoms. The van der Waals surface area contributed by atoms with E-state index in [2.05, 4.69) is 4.99 Å². The highest BCUT2D eigenvalue weighted by molar-refractivity contribution is 7.89. The molecule has 1 aliphatic heterocycles. The molecule has 2 unspecified atom stereocenters. The van der Waals surface area contributed by atoms with Gasteiger partial charge in [-0.05, 0) is 44.2 Å². The molecule has 3 aromatic rings. The lowest BCUT2D eigenvalue weighted by Crippen LogP contribution is -2.48. The number of morpholine rings is 1. The second-order valence-corrected chi connectivity index (χ2v) is 11.4. The van der Waals surface area contributed by atoms with Crippen LogP contribution in [0, 0.1) is 10.1 Å². The minimum Gasteiger partial charge on any atom is -0.468 e. The van der Waals surface area contributed by atoms with Gasteiger partial charge in [-0.3, -0.25) is 19.7 Å². The van der Waals surface area contributed by atoms with Crippen molar-refractivity contribution >= 4 is 49.1 Å². The lowest BCUT2D eigenvalue weighted by molar-refractivity contribution is -0.384. The molecule has 0 radical (unpaired) electrons. The number of non-ortho nitro benzene ring substituents is 1. The van der Waals surface area contributed by atoms with Crippen molar-refractivity contribution in [2.45, 2.75) is 37.5 Å². The Hall–Kier alpha value is -3.46. The zero-order valence-electron chi connectivity index (χ0n) is 20.2. The van der Waals surface area contributed by atoms with E-state index in [1.54, 1.807) is 13.8 Å². The van der Waals surface area contributed by atoms with E-state index in [0.717, 1.165) is 11.3 Å². The van der Waals surface area contributed by atoms with Crippen LogP contribution in [0.1, 0.15) is 24.2 Å². The van der Waals surface area contributed by atoms with Crippen molar-refractivity contribution in [3.63, 3.8) is 0 Å². The van der Waals surface area contributed by atoms with Crippen LogP contribution in [-0.4, -0.2) is 66.5 Å². The number of ether oxygens (including phenoxy) is 2. The van der Waals surface area contributed by atoms with Crippen molar-refractivity contribution in [3.05, 3.63) is 62.9 Å². The zero-order chi connectivity index (χ0) is 26.9. The Morgan fingerprint density at radius 3 is 2.41 bits per heavy atom. The molecule has 1 amide bonds. The first-order valence-corrected chi connectivity index (χ1v) is 13.4. The molecule has 4 rings (SSSR count). The fraction of sp³-hybridized carbons (Fsp3) is 0.348. The number of rotatable bonds is 6. The number of carbonyl (C=O) groups is 2. The molecule has 2 atom stereocenters. The molecule has 2 heterocycles. The Morgan fingerprint density at radius 1 is 1.16 bits per heavy atom. The summed E-state index contributed by atoms with van der Waals surface area (Å²) in [5, 5.41) is 11.2. The van der Waals surface area contributed by atoms with Crippen LogP contribution in [0.4, 0.5) is 5.69 Å². The maximum atomic E-state index is 13.1. The van der Waals surface area contributed by atoms with Crippen molar-refractivity contribution in [2.24, 2.45) is 4.99 Å². The number of nitrogens with zero attached hydrogens (tertiary/aromatic N) is 4. The van der Waals surface area contributed by atoms with Crippen LogP contribution in [0.3, 0.4) is 0 Å². The highest BCUT2D eigenvalue weighted by atomic mass is 32.2. The number of hydrogen-bond acceptors (Lipinski definition) is 9. The van der Waals surface area contributed by atoms with Gasteiger partial charge in [0, 0.05) is 30.8 Å². The SMILES string of the molecule is COC(=O)Cn1c(=NC(=O)c2ccc(S(=O)(=O)N3CC(C)OC(C)C3)cc2)sc2cc([N+](=O)[O-])ccc21. The van der Waals surface area contributed by atoms with Crippen LogP contribution in [0.25, 0.3) is 10.2 Å². The third-order valence-electron chi connectivity index (χ3n) is 5.71. The van der Waals surface area contributed by atoms with Crippen molar-refractivity contribution in [3.8, 4) is 0 Å².